The Morgan fingerprint density at radius 3 is 2.45 bits per heavy atom. The number of carbonyl (C=O) groups excluding carboxylic acids is 1. The summed E-state index contributed by atoms with van der Waals surface area (Å²) in [5.41, 5.74) is 2.78. The fourth-order valence-electron chi connectivity index (χ4n) is 3.63. The van der Waals surface area contributed by atoms with Crippen molar-refractivity contribution < 1.29 is 9.53 Å². The van der Waals surface area contributed by atoms with E-state index in [1.54, 1.807) is 4.90 Å². The Labute approximate surface area is 210 Å². The number of para-hydroxylation sites is 1. The van der Waals surface area contributed by atoms with Crippen molar-refractivity contribution >= 4 is 72.7 Å². The summed E-state index contributed by atoms with van der Waals surface area (Å²) in [4.78, 5) is 15.1. The molecule has 0 unspecified atom stereocenters. The first-order valence-electron chi connectivity index (χ1n) is 10.3. The van der Waals surface area contributed by atoms with E-state index in [-0.39, 0.29) is 5.91 Å². The number of rotatable bonds is 5. The first-order chi connectivity index (χ1) is 16.1. The van der Waals surface area contributed by atoms with Crippen LogP contribution in [-0.4, -0.2) is 10.2 Å². The van der Waals surface area contributed by atoms with Crippen LogP contribution in [0.1, 0.15) is 11.1 Å². The minimum Gasteiger partial charge on any atom is -0.488 e. The van der Waals surface area contributed by atoms with Gasteiger partial charge in [-0.05, 0) is 74.2 Å². The molecule has 0 atom stereocenters. The van der Waals surface area contributed by atoms with Crippen molar-refractivity contribution in [3.63, 3.8) is 0 Å². The van der Waals surface area contributed by atoms with E-state index in [1.165, 1.54) is 22.5 Å². The fourth-order valence-corrected chi connectivity index (χ4v) is 5.44. The van der Waals surface area contributed by atoms with Crippen molar-refractivity contribution in [2.75, 3.05) is 4.90 Å². The van der Waals surface area contributed by atoms with Crippen LogP contribution in [0.5, 0.6) is 5.75 Å². The maximum atomic E-state index is 12.9. The largest absolute Gasteiger partial charge is 0.488 e. The number of thioether (sulfide) groups is 1. The number of ether oxygens (including phenoxy) is 1. The van der Waals surface area contributed by atoms with Gasteiger partial charge in [0.1, 0.15) is 12.4 Å². The number of hydrogen-bond donors (Lipinski definition) is 0. The Balaban J connectivity index is 1.31. The summed E-state index contributed by atoms with van der Waals surface area (Å²) in [6.45, 7) is 0.471. The van der Waals surface area contributed by atoms with Crippen LogP contribution in [0.4, 0.5) is 5.69 Å². The molecule has 1 saturated heterocycles. The molecule has 162 valence electrons. The van der Waals surface area contributed by atoms with Gasteiger partial charge in [-0.3, -0.25) is 9.69 Å². The van der Waals surface area contributed by atoms with E-state index < -0.39 is 0 Å². The molecule has 0 aromatic heterocycles. The van der Waals surface area contributed by atoms with Crippen LogP contribution in [0, 0.1) is 0 Å². The van der Waals surface area contributed by atoms with Gasteiger partial charge in [0.25, 0.3) is 5.91 Å². The number of halogens is 1. The molecule has 1 aliphatic rings. The van der Waals surface area contributed by atoms with E-state index in [9.17, 15) is 4.79 Å². The molecule has 0 spiro atoms. The maximum Gasteiger partial charge on any atom is 0.270 e. The number of anilines is 1. The van der Waals surface area contributed by atoms with Gasteiger partial charge in [-0.25, -0.2) is 0 Å². The Hall–Kier alpha value is -2.93. The van der Waals surface area contributed by atoms with Crippen LogP contribution in [0.2, 0.25) is 0 Å². The molecule has 1 heterocycles. The van der Waals surface area contributed by atoms with Gasteiger partial charge in [0.05, 0.1) is 15.1 Å². The lowest BCUT2D eigenvalue weighted by molar-refractivity contribution is -0.113. The highest BCUT2D eigenvalue weighted by molar-refractivity contribution is 9.10. The number of benzene rings is 4. The number of fused-ring (bicyclic) bond motifs is 1. The highest BCUT2D eigenvalue weighted by Gasteiger charge is 2.33. The predicted molar refractivity (Wildman–Crippen MR) is 145 cm³/mol. The number of carbonyl (C=O) groups is 1. The van der Waals surface area contributed by atoms with Gasteiger partial charge in [0.15, 0.2) is 4.32 Å². The molecular weight excluding hydrogens is 514 g/mol. The summed E-state index contributed by atoms with van der Waals surface area (Å²) in [6.07, 6.45) is 1.86. The molecule has 4 aromatic rings. The van der Waals surface area contributed by atoms with Crippen LogP contribution in [-0.2, 0) is 11.4 Å². The minimum atomic E-state index is -0.107. The van der Waals surface area contributed by atoms with Crippen molar-refractivity contribution in [1.82, 2.24) is 0 Å². The average Bonchev–Trinajstić information content (AvgIpc) is 3.11. The zero-order valence-corrected chi connectivity index (χ0v) is 20.6. The van der Waals surface area contributed by atoms with Gasteiger partial charge in [-0.15, -0.1) is 0 Å². The molecule has 5 rings (SSSR count). The van der Waals surface area contributed by atoms with Crippen LogP contribution in [0.25, 0.3) is 16.8 Å². The Kier molecular flexibility index (Phi) is 6.31. The average molecular weight is 532 g/mol. The van der Waals surface area contributed by atoms with Crippen molar-refractivity contribution in [2.24, 2.45) is 0 Å². The lowest BCUT2D eigenvalue weighted by Crippen LogP contribution is -2.27. The molecular formula is C27H18BrNO2S2. The Morgan fingerprint density at radius 1 is 0.909 bits per heavy atom. The van der Waals surface area contributed by atoms with Gasteiger partial charge in [0, 0.05) is 0 Å². The van der Waals surface area contributed by atoms with E-state index in [0.29, 0.717) is 15.8 Å². The fraction of sp³-hybridized carbons (Fsp3) is 0.0370. The lowest BCUT2D eigenvalue weighted by atomic mass is 10.1. The zero-order chi connectivity index (χ0) is 22.8. The highest BCUT2D eigenvalue weighted by atomic mass is 79.9. The zero-order valence-electron chi connectivity index (χ0n) is 17.4. The first kappa shape index (κ1) is 21.9. The quantitative estimate of drug-likeness (QED) is 0.196. The number of hydrogen-bond acceptors (Lipinski definition) is 4. The molecule has 4 aromatic carbocycles. The van der Waals surface area contributed by atoms with Gasteiger partial charge >= 0.3 is 0 Å². The maximum absolute atomic E-state index is 12.9. The lowest BCUT2D eigenvalue weighted by Gasteiger charge is -2.13. The van der Waals surface area contributed by atoms with E-state index in [2.05, 4.69) is 46.3 Å². The summed E-state index contributed by atoms with van der Waals surface area (Å²) in [6, 6.07) is 29.9. The van der Waals surface area contributed by atoms with Crippen molar-refractivity contribution in [1.29, 1.82) is 0 Å². The SMILES string of the molecule is O=C1/C(=C\c2ccc(OCc3ccc4ccccc4c3)c(Br)c2)SC(=S)N1c1ccccc1. The second-order valence-corrected chi connectivity index (χ2v) is 10.0. The van der Waals surface area contributed by atoms with Crippen LogP contribution < -0.4 is 9.64 Å². The number of nitrogens with zero attached hydrogens (tertiary/aromatic N) is 1. The van der Waals surface area contributed by atoms with Gasteiger partial charge in [0.2, 0.25) is 0 Å². The number of thiocarbonyl (C=S) groups is 1. The summed E-state index contributed by atoms with van der Waals surface area (Å²) >= 11 is 10.4. The smallest absolute Gasteiger partial charge is 0.270 e. The topological polar surface area (TPSA) is 29.5 Å². The molecule has 1 fully saturated rings. The molecule has 0 bridgehead atoms. The van der Waals surface area contributed by atoms with Gasteiger partial charge in [-0.1, -0.05) is 84.6 Å². The molecule has 3 nitrogen and oxygen atoms in total. The third-order valence-corrected chi connectivity index (χ3v) is 7.19. The molecule has 33 heavy (non-hydrogen) atoms. The molecule has 0 N–H and O–H groups in total. The summed E-state index contributed by atoms with van der Waals surface area (Å²) in [5, 5.41) is 2.41. The summed E-state index contributed by atoms with van der Waals surface area (Å²) < 4.78 is 7.40. The van der Waals surface area contributed by atoms with Crippen molar-refractivity contribution in [3.8, 4) is 5.75 Å². The Bertz CT molecular complexity index is 1400. The second-order valence-electron chi connectivity index (χ2n) is 7.51. The molecule has 6 heteroatoms. The van der Waals surface area contributed by atoms with E-state index >= 15 is 0 Å². The van der Waals surface area contributed by atoms with Gasteiger partial charge in [-0.2, -0.15) is 0 Å². The second kappa shape index (κ2) is 9.51. The first-order valence-corrected chi connectivity index (χ1v) is 12.3. The Morgan fingerprint density at radius 2 is 1.67 bits per heavy atom. The monoisotopic (exact) mass is 531 g/mol. The predicted octanol–water partition coefficient (Wildman–Crippen LogP) is 7.59. The van der Waals surface area contributed by atoms with Crippen LogP contribution in [0.15, 0.2) is 100 Å². The minimum absolute atomic E-state index is 0.107. The molecule has 1 amide bonds. The van der Waals surface area contributed by atoms with Gasteiger partial charge < -0.3 is 4.74 Å². The normalized spacial score (nSPS) is 14.9. The molecule has 0 saturated carbocycles. The summed E-state index contributed by atoms with van der Waals surface area (Å²) in [7, 11) is 0. The third kappa shape index (κ3) is 4.74. The van der Waals surface area contributed by atoms with Crippen molar-refractivity contribution in [3.05, 3.63) is 112 Å². The van der Waals surface area contributed by atoms with E-state index in [0.717, 1.165) is 27.0 Å². The highest BCUT2D eigenvalue weighted by Crippen LogP contribution is 2.37. The van der Waals surface area contributed by atoms with Crippen molar-refractivity contribution in [2.45, 2.75) is 6.61 Å². The summed E-state index contributed by atoms with van der Waals surface area (Å²) in [5.74, 6) is 0.640. The number of amides is 1. The molecule has 0 aliphatic carbocycles. The molecule has 1 aliphatic heterocycles. The molecule has 0 radical (unpaired) electrons. The van der Waals surface area contributed by atoms with E-state index in [4.69, 9.17) is 17.0 Å². The third-order valence-electron chi connectivity index (χ3n) is 5.27. The van der Waals surface area contributed by atoms with Crippen LogP contribution >= 0.6 is 39.9 Å². The van der Waals surface area contributed by atoms with E-state index in [1.807, 2.05) is 66.7 Å². The van der Waals surface area contributed by atoms with Crippen LogP contribution in [0.3, 0.4) is 0 Å². The standard InChI is InChI=1S/C27H18BrNO2S2/c28-23-15-18(16-25-26(30)29(27(32)33-25)22-8-2-1-3-9-22)11-13-24(23)31-17-19-10-12-20-6-4-5-7-21(20)14-19/h1-16H,17H2/b25-16+.